The summed E-state index contributed by atoms with van der Waals surface area (Å²) in [5, 5.41) is 4.18. The molecule has 0 aromatic heterocycles. The third kappa shape index (κ3) is 4.83. The molecule has 1 aromatic carbocycles. The molecule has 5 heteroatoms. The summed E-state index contributed by atoms with van der Waals surface area (Å²) in [5.74, 6) is 0. The number of hydrogen-bond donors (Lipinski definition) is 2. The Kier molecular flexibility index (Phi) is 6.32. The lowest BCUT2D eigenvalue weighted by Gasteiger charge is -2.44. The monoisotopic (exact) mass is 338 g/mol. The maximum atomic E-state index is 6.08. The zero-order valence-electron chi connectivity index (χ0n) is 14.9. The first-order valence-corrected chi connectivity index (χ1v) is 8.84. The summed E-state index contributed by atoms with van der Waals surface area (Å²) in [6.07, 6.45) is 2.50. The van der Waals surface area contributed by atoms with Gasteiger partial charge in [0.15, 0.2) is 0 Å². The molecule has 0 spiro atoms. The lowest BCUT2D eigenvalue weighted by molar-refractivity contribution is 0.0616. The van der Waals surface area contributed by atoms with Crippen molar-refractivity contribution in [3.63, 3.8) is 0 Å². The number of anilines is 1. The zero-order chi connectivity index (χ0) is 17.0. The second kappa shape index (κ2) is 7.84. The Labute approximate surface area is 146 Å². The van der Waals surface area contributed by atoms with E-state index >= 15 is 0 Å². The van der Waals surface area contributed by atoms with Crippen LogP contribution in [0.25, 0.3) is 0 Å². The van der Waals surface area contributed by atoms with E-state index in [-0.39, 0.29) is 5.54 Å². The number of halogens is 1. The number of hydrogen-bond acceptors (Lipinski definition) is 4. The molecule has 1 aliphatic heterocycles. The van der Waals surface area contributed by atoms with E-state index in [0.717, 1.165) is 37.8 Å². The van der Waals surface area contributed by atoms with E-state index in [1.54, 1.807) is 0 Å². The lowest BCUT2D eigenvalue weighted by Crippen LogP contribution is -2.55. The maximum absolute atomic E-state index is 6.08. The van der Waals surface area contributed by atoms with Gasteiger partial charge in [-0.15, -0.1) is 0 Å². The van der Waals surface area contributed by atoms with Crippen LogP contribution in [-0.2, 0) is 6.54 Å². The first-order valence-electron chi connectivity index (χ1n) is 8.46. The van der Waals surface area contributed by atoms with Crippen molar-refractivity contribution < 1.29 is 0 Å². The number of nitrogens with zero attached hydrogens (tertiary/aromatic N) is 2. The highest BCUT2D eigenvalue weighted by Crippen LogP contribution is 2.24. The van der Waals surface area contributed by atoms with Crippen LogP contribution in [0.5, 0.6) is 0 Å². The summed E-state index contributed by atoms with van der Waals surface area (Å²) in [6, 6.07) is 6.54. The third-order valence-electron chi connectivity index (χ3n) is 5.07. The highest BCUT2D eigenvalue weighted by molar-refractivity contribution is 6.33. The van der Waals surface area contributed by atoms with Crippen molar-refractivity contribution in [1.29, 1.82) is 0 Å². The minimum Gasteiger partial charge on any atom is -0.397 e. The Balaban J connectivity index is 1.83. The standard InChI is InChI=1S/C18H31ClN4/c1-18(2,23-10-8-15(9-11-23)22(3)4)13-21-12-14-6-5-7-16(19)17(14)20/h5-7,15,21H,8-13,20H2,1-4H3. The van der Waals surface area contributed by atoms with E-state index in [0.29, 0.717) is 10.7 Å². The van der Waals surface area contributed by atoms with Gasteiger partial charge in [0.25, 0.3) is 0 Å². The molecule has 1 saturated heterocycles. The summed E-state index contributed by atoms with van der Waals surface area (Å²) in [4.78, 5) is 4.95. The van der Waals surface area contributed by atoms with Crippen LogP contribution in [-0.4, -0.2) is 55.1 Å². The van der Waals surface area contributed by atoms with Gasteiger partial charge in [-0.05, 0) is 52.4 Å². The number of rotatable bonds is 6. The molecule has 0 saturated carbocycles. The Morgan fingerprint density at radius 1 is 1.30 bits per heavy atom. The minimum atomic E-state index is 0.143. The van der Waals surface area contributed by atoms with Gasteiger partial charge < -0.3 is 16.0 Å². The van der Waals surface area contributed by atoms with E-state index in [9.17, 15) is 0 Å². The molecular weight excluding hydrogens is 308 g/mol. The average Bonchev–Trinajstić information content (AvgIpc) is 2.51. The van der Waals surface area contributed by atoms with Crippen molar-refractivity contribution in [2.75, 3.05) is 39.5 Å². The van der Waals surface area contributed by atoms with Crippen LogP contribution >= 0.6 is 11.6 Å². The van der Waals surface area contributed by atoms with Crippen molar-refractivity contribution in [2.24, 2.45) is 0 Å². The molecule has 1 fully saturated rings. The maximum Gasteiger partial charge on any atom is 0.0638 e. The molecular formula is C18H31ClN4. The molecule has 2 rings (SSSR count). The van der Waals surface area contributed by atoms with Gasteiger partial charge in [-0.2, -0.15) is 0 Å². The third-order valence-corrected chi connectivity index (χ3v) is 5.40. The topological polar surface area (TPSA) is 44.5 Å². The van der Waals surface area contributed by atoms with Crippen LogP contribution in [0, 0.1) is 0 Å². The summed E-state index contributed by atoms with van der Waals surface area (Å²) in [7, 11) is 4.37. The largest absolute Gasteiger partial charge is 0.397 e. The van der Waals surface area contributed by atoms with Crippen LogP contribution in [0.1, 0.15) is 32.3 Å². The fraction of sp³-hybridized carbons (Fsp3) is 0.667. The molecule has 0 atom stereocenters. The summed E-state index contributed by atoms with van der Waals surface area (Å²) >= 11 is 6.08. The first kappa shape index (κ1) is 18.5. The van der Waals surface area contributed by atoms with E-state index in [1.165, 1.54) is 12.8 Å². The Morgan fingerprint density at radius 3 is 2.57 bits per heavy atom. The number of para-hydroxylation sites is 1. The van der Waals surface area contributed by atoms with Gasteiger partial charge in [0.05, 0.1) is 10.7 Å². The van der Waals surface area contributed by atoms with Crippen molar-refractivity contribution in [1.82, 2.24) is 15.1 Å². The van der Waals surface area contributed by atoms with Gasteiger partial charge in [0, 0.05) is 37.8 Å². The molecule has 0 unspecified atom stereocenters. The van der Waals surface area contributed by atoms with Crippen molar-refractivity contribution in [3.8, 4) is 0 Å². The van der Waals surface area contributed by atoms with E-state index in [1.807, 2.05) is 18.2 Å². The molecule has 0 aliphatic carbocycles. The molecule has 1 heterocycles. The highest BCUT2D eigenvalue weighted by atomic mass is 35.5. The van der Waals surface area contributed by atoms with Gasteiger partial charge in [0.2, 0.25) is 0 Å². The molecule has 1 aliphatic rings. The number of nitrogens with two attached hydrogens (primary N) is 1. The van der Waals surface area contributed by atoms with E-state index in [2.05, 4.69) is 43.1 Å². The van der Waals surface area contributed by atoms with Gasteiger partial charge >= 0.3 is 0 Å². The predicted molar refractivity (Wildman–Crippen MR) is 99.9 cm³/mol. The van der Waals surface area contributed by atoms with Crippen LogP contribution < -0.4 is 11.1 Å². The number of benzene rings is 1. The smallest absolute Gasteiger partial charge is 0.0638 e. The Bertz CT molecular complexity index is 508. The average molecular weight is 339 g/mol. The Hall–Kier alpha value is -0.810. The fourth-order valence-electron chi connectivity index (χ4n) is 3.34. The van der Waals surface area contributed by atoms with Crippen molar-refractivity contribution >= 4 is 17.3 Å². The molecule has 0 amide bonds. The second-order valence-electron chi connectivity index (χ2n) is 7.41. The number of nitrogens with one attached hydrogen (secondary N) is 1. The number of piperidine rings is 1. The molecule has 3 N–H and O–H groups in total. The van der Waals surface area contributed by atoms with E-state index < -0.39 is 0 Å². The first-order chi connectivity index (χ1) is 10.8. The Morgan fingerprint density at radius 2 is 1.96 bits per heavy atom. The van der Waals surface area contributed by atoms with Crippen LogP contribution in [0.3, 0.4) is 0 Å². The molecule has 0 bridgehead atoms. The van der Waals surface area contributed by atoms with Crippen molar-refractivity contribution in [2.45, 2.75) is 44.8 Å². The van der Waals surface area contributed by atoms with Gasteiger partial charge in [-0.25, -0.2) is 0 Å². The number of nitrogen functional groups attached to an aromatic ring is 1. The molecule has 0 radical (unpaired) electrons. The van der Waals surface area contributed by atoms with Gasteiger partial charge in [-0.3, -0.25) is 4.90 Å². The SMILES string of the molecule is CN(C)C1CCN(C(C)(C)CNCc2cccc(Cl)c2N)CC1. The molecule has 4 nitrogen and oxygen atoms in total. The fourth-order valence-corrected chi connectivity index (χ4v) is 3.53. The second-order valence-corrected chi connectivity index (χ2v) is 7.82. The van der Waals surface area contributed by atoms with Gasteiger partial charge in [0.1, 0.15) is 0 Å². The lowest BCUT2D eigenvalue weighted by atomic mass is 9.95. The molecule has 23 heavy (non-hydrogen) atoms. The predicted octanol–water partition coefficient (Wildman–Crippen LogP) is 2.82. The quantitative estimate of drug-likeness (QED) is 0.783. The van der Waals surface area contributed by atoms with E-state index in [4.69, 9.17) is 17.3 Å². The molecule has 130 valence electrons. The number of likely N-dealkylation sites (tertiary alicyclic amines) is 1. The summed E-state index contributed by atoms with van der Waals surface area (Å²) in [6.45, 7) is 8.65. The van der Waals surface area contributed by atoms with Crippen molar-refractivity contribution in [3.05, 3.63) is 28.8 Å². The highest BCUT2D eigenvalue weighted by Gasteiger charge is 2.30. The summed E-state index contributed by atoms with van der Waals surface area (Å²) < 4.78 is 0. The zero-order valence-corrected chi connectivity index (χ0v) is 15.7. The molecule has 1 aromatic rings. The van der Waals surface area contributed by atoms with Gasteiger partial charge in [-0.1, -0.05) is 23.7 Å². The summed E-state index contributed by atoms with van der Waals surface area (Å²) in [5.41, 5.74) is 7.93. The minimum absolute atomic E-state index is 0.143. The normalized spacial score (nSPS) is 17.8. The van der Waals surface area contributed by atoms with Crippen LogP contribution in [0.15, 0.2) is 18.2 Å². The van der Waals surface area contributed by atoms with Crippen LogP contribution in [0.4, 0.5) is 5.69 Å². The van der Waals surface area contributed by atoms with Crippen LogP contribution in [0.2, 0.25) is 5.02 Å².